The monoisotopic (exact) mass is 263 g/mol. The summed E-state index contributed by atoms with van der Waals surface area (Å²) >= 11 is 1.48. The molecule has 0 bridgehead atoms. The molecule has 0 spiro atoms. The summed E-state index contributed by atoms with van der Waals surface area (Å²) in [6.45, 7) is 2.76. The van der Waals surface area contributed by atoms with Crippen molar-refractivity contribution < 1.29 is 8.42 Å². The molecule has 0 atom stereocenters. The number of thiazole rings is 1. The third-order valence-corrected chi connectivity index (χ3v) is 5.01. The molecule has 92 valence electrons. The molecule has 7 heteroatoms. The van der Waals surface area contributed by atoms with Gasteiger partial charge in [-0.25, -0.2) is 13.4 Å². The first kappa shape index (κ1) is 13.6. The lowest BCUT2D eigenvalue weighted by Gasteiger charge is -2.16. The molecule has 1 heterocycles. The minimum absolute atomic E-state index is 0.123. The van der Waals surface area contributed by atoms with Crippen LogP contribution < -0.4 is 5.32 Å². The number of sulfonamides is 1. The van der Waals surface area contributed by atoms with E-state index in [-0.39, 0.29) is 5.75 Å². The summed E-state index contributed by atoms with van der Waals surface area (Å²) in [6.07, 6.45) is 0. The van der Waals surface area contributed by atoms with E-state index in [1.807, 2.05) is 6.92 Å². The molecular formula is C9H17N3O2S2. The molecule has 0 radical (unpaired) electrons. The van der Waals surface area contributed by atoms with Crippen LogP contribution in [-0.2, 0) is 16.6 Å². The Morgan fingerprint density at radius 1 is 1.56 bits per heavy atom. The van der Waals surface area contributed by atoms with Crippen molar-refractivity contribution in [1.82, 2.24) is 14.6 Å². The molecule has 0 aliphatic heterocycles. The van der Waals surface area contributed by atoms with E-state index in [4.69, 9.17) is 0 Å². The first-order chi connectivity index (χ1) is 7.47. The molecule has 0 aliphatic carbocycles. The Hall–Kier alpha value is -0.500. The van der Waals surface area contributed by atoms with Crippen LogP contribution in [0.3, 0.4) is 0 Å². The number of nitrogens with zero attached hydrogens (tertiary/aromatic N) is 2. The molecule has 1 aromatic heterocycles. The molecule has 0 aromatic carbocycles. The van der Waals surface area contributed by atoms with Crippen LogP contribution in [0.4, 0.5) is 0 Å². The van der Waals surface area contributed by atoms with Crippen LogP contribution in [0.1, 0.15) is 10.6 Å². The maximum Gasteiger partial charge on any atom is 0.215 e. The smallest absolute Gasteiger partial charge is 0.215 e. The van der Waals surface area contributed by atoms with Crippen molar-refractivity contribution in [3.8, 4) is 0 Å². The predicted molar refractivity (Wildman–Crippen MR) is 66.0 cm³/mol. The summed E-state index contributed by atoms with van der Waals surface area (Å²) in [5.74, 6) is 0.123. The van der Waals surface area contributed by atoms with Crippen molar-refractivity contribution in [3.63, 3.8) is 0 Å². The zero-order chi connectivity index (χ0) is 12.2. The quantitative estimate of drug-likeness (QED) is 0.808. The Kier molecular flexibility index (Phi) is 4.85. The second-order valence-electron chi connectivity index (χ2n) is 3.54. The lowest BCUT2D eigenvalue weighted by atomic mass is 10.4. The van der Waals surface area contributed by atoms with Crippen molar-refractivity contribution in [2.45, 2.75) is 13.5 Å². The van der Waals surface area contributed by atoms with Crippen molar-refractivity contribution in [1.29, 1.82) is 0 Å². The van der Waals surface area contributed by atoms with Crippen molar-refractivity contribution in [2.24, 2.45) is 0 Å². The van der Waals surface area contributed by atoms with Crippen LogP contribution >= 0.6 is 11.3 Å². The average molecular weight is 263 g/mol. The van der Waals surface area contributed by atoms with Gasteiger partial charge in [0.2, 0.25) is 10.0 Å². The largest absolute Gasteiger partial charge is 0.319 e. The van der Waals surface area contributed by atoms with Gasteiger partial charge in [0.05, 0.1) is 17.0 Å². The van der Waals surface area contributed by atoms with Crippen LogP contribution in [0.25, 0.3) is 0 Å². The van der Waals surface area contributed by atoms with Gasteiger partial charge in [-0.15, -0.1) is 11.3 Å². The van der Waals surface area contributed by atoms with E-state index in [0.717, 1.165) is 10.6 Å². The van der Waals surface area contributed by atoms with Gasteiger partial charge in [0.1, 0.15) is 0 Å². The number of hydrogen-bond donors (Lipinski definition) is 1. The maximum absolute atomic E-state index is 11.8. The van der Waals surface area contributed by atoms with Crippen LogP contribution in [0, 0.1) is 6.92 Å². The van der Waals surface area contributed by atoms with E-state index < -0.39 is 10.0 Å². The van der Waals surface area contributed by atoms with E-state index in [0.29, 0.717) is 13.1 Å². The highest BCUT2D eigenvalue weighted by Crippen LogP contribution is 2.15. The standard InChI is InChI=1S/C9H17N3O2S2/c1-8-9(15-7-11-8)6-12(3)16(13,14)5-4-10-2/h7,10H,4-6H2,1-3H3. The number of aromatic nitrogens is 1. The zero-order valence-electron chi connectivity index (χ0n) is 9.73. The Morgan fingerprint density at radius 2 is 2.25 bits per heavy atom. The molecule has 0 unspecified atom stereocenters. The average Bonchev–Trinajstić information content (AvgIpc) is 2.61. The van der Waals surface area contributed by atoms with Gasteiger partial charge in [-0.2, -0.15) is 4.31 Å². The molecule has 0 fully saturated rings. The van der Waals surface area contributed by atoms with Crippen LogP contribution in [0.2, 0.25) is 0 Å². The Labute approximate surface area is 101 Å². The maximum atomic E-state index is 11.8. The summed E-state index contributed by atoms with van der Waals surface area (Å²) < 4.78 is 25.0. The van der Waals surface area contributed by atoms with Crippen LogP contribution in [0.5, 0.6) is 0 Å². The highest BCUT2D eigenvalue weighted by Gasteiger charge is 2.18. The van der Waals surface area contributed by atoms with E-state index in [1.165, 1.54) is 15.6 Å². The molecule has 16 heavy (non-hydrogen) atoms. The molecule has 0 saturated carbocycles. The number of nitrogens with one attached hydrogen (secondary N) is 1. The molecule has 0 aliphatic rings. The zero-order valence-corrected chi connectivity index (χ0v) is 11.4. The van der Waals surface area contributed by atoms with Crippen LogP contribution in [0.15, 0.2) is 5.51 Å². The summed E-state index contributed by atoms with van der Waals surface area (Å²) in [7, 11) is 0.175. The van der Waals surface area contributed by atoms with Gasteiger partial charge in [0, 0.05) is 25.0 Å². The van der Waals surface area contributed by atoms with E-state index >= 15 is 0 Å². The fourth-order valence-electron chi connectivity index (χ4n) is 1.17. The van der Waals surface area contributed by atoms with E-state index in [2.05, 4.69) is 10.3 Å². The number of aryl methyl sites for hydroxylation is 1. The Balaban J connectivity index is 2.65. The molecule has 5 nitrogen and oxygen atoms in total. The topological polar surface area (TPSA) is 62.3 Å². The van der Waals surface area contributed by atoms with Crippen molar-refractivity contribution >= 4 is 21.4 Å². The third-order valence-electron chi connectivity index (χ3n) is 2.30. The highest BCUT2D eigenvalue weighted by molar-refractivity contribution is 7.89. The van der Waals surface area contributed by atoms with Gasteiger partial charge in [-0.05, 0) is 14.0 Å². The SMILES string of the molecule is CNCCS(=O)(=O)N(C)Cc1scnc1C. The fourth-order valence-corrected chi connectivity index (χ4v) is 3.18. The third kappa shape index (κ3) is 3.51. The summed E-state index contributed by atoms with van der Waals surface area (Å²) in [5, 5.41) is 2.83. The van der Waals surface area contributed by atoms with Crippen molar-refractivity contribution in [2.75, 3.05) is 26.4 Å². The van der Waals surface area contributed by atoms with Gasteiger partial charge in [-0.1, -0.05) is 0 Å². The fraction of sp³-hybridized carbons (Fsp3) is 0.667. The van der Waals surface area contributed by atoms with Crippen molar-refractivity contribution in [3.05, 3.63) is 16.1 Å². The van der Waals surface area contributed by atoms with E-state index in [9.17, 15) is 8.42 Å². The van der Waals surface area contributed by atoms with E-state index in [1.54, 1.807) is 19.6 Å². The van der Waals surface area contributed by atoms with Gasteiger partial charge >= 0.3 is 0 Å². The Bertz CT molecular complexity index is 428. The molecule has 1 aromatic rings. The van der Waals surface area contributed by atoms with Crippen LogP contribution in [-0.4, -0.2) is 44.1 Å². The number of hydrogen-bond acceptors (Lipinski definition) is 5. The van der Waals surface area contributed by atoms with Gasteiger partial charge in [0.25, 0.3) is 0 Å². The summed E-state index contributed by atoms with van der Waals surface area (Å²) in [4.78, 5) is 5.09. The lowest BCUT2D eigenvalue weighted by molar-refractivity contribution is 0.467. The minimum atomic E-state index is -3.17. The molecule has 1 rings (SSSR count). The summed E-state index contributed by atoms with van der Waals surface area (Å²) in [5.41, 5.74) is 2.64. The first-order valence-electron chi connectivity index (χ1n) is 4.95. The molecule has 0 saturated heterocycles. The number of rotatable bonds is 6. The predicted octanol–water partition coefficient (Wildman–Crippen LogP) is 0.433. The van der Waals surface area contributed by atoms with Gasteiger partial charge in [-0.3, -0.25) is 0 Å². The normalized spacial score (nSPS) is 12.2. The highest BCUT2D eigenvalue weighted by atomic mass is 32.2. The lowest BCUT2D eigenvalue weighted by Crippen LogP contribution is -2.32. The second kappa shape index (κ2) is 5.72. The van der Waals surface area contributed by atoms with Gasteiger partial charge in [0.15, 0.2) is 0 Å². The Morgan fingerprint density at radius 3 is 2.75 bits per heavy atom. The molecule has 1 N–H and O–H groups in total. The molecule has 0 amide bonds. The summed E-state index contributed by atoms with van der Waals surface area (Å²) in [6, 6.07) is 0. The first-order valence-corrected chi connectivity index (χ1v) is 7.44. The molecular weight excluding hydrogens is 246 g/mol. The van der Waals surface area contributed by atoms with Gasteiger partial charge < -0.3 is 5.32 Å². The minimum Gasteiger partial charge on any atom is -0.319 e. The second-order valence-corrected chi connectivity index (χ2v) is 6.67.